The summed E-state index contributed by atoms with van der Waals surface area (Å²) >= 11 is 3.20. The lowest BCUT2D eigenvalue weighted by atomic mass is 10.5. The zero-order valence-corrected chi connectivity index (χ0v) is 8.49. The van der Waals surface area contributed by atoms with Crippen LogP contribution in [-0.4, -0.2) is 4.98 Å². The lowest BCUT2D eigenvalue weighted by Gasteiger charge is -1.97. The first-order chi connectivity index (χ1) is 6.34. The van der Waals surface area contributed by atoms with Gasteiger partial charge in [-0.3, -0.25) is 0 Å². The standard InChI is InChI=1S/C8H9N3S2/c9-7-5-11-8(13-7)10-4-6-2-1-3-12-6/h1-3,5H,4,9H2,(H,10,11). The van der Waals surface area contributed by atoms with Crippen molar-refractivity contribution in [1.82, 2.24) is 4.98 Å². The molecule has 0 unspecified atom stereocenters. The number of aromatic nitrogens is 1. The van der Waals surface area contributed by atoms with Crippen LogP contribution >= 0.6 is 22.7 Å². The highest BCUT2D eigenvalue weighted by molar-refractivity contribution is 7.19. The van der Waals surface area contributed by atoms with Crippen LogP contribution in [0.25, 0.3) is 0 Å². The second kappa shape index (κ2) is 3.76. The van der Waals surface area contributed by atoms with Crippen molar-refractivity contribution in [1.29, 1.82) is 0 Å². The van der Waals surface area contributed by atoms with Crippen molar-refractivity contribution in [3.63, 3.8) is 0 Å². The Kier molecular flexibility index (Phi) is 2.47. The molecule has 0 aliphatic carbocycles. The monoisotopic (exact) mass is 211 g/mol. The SMILES string of the molecule is Nc1cnc(NCc2cccs2)s1. The molecule has 2 aromatic heterocycles. The Morgan fingerprint density at radius 3 is 3.08 bits per heavy atom. The summed E-state index contributed by atoms with van der Waals surface area (Å²) in [4.78, 5) is 5.40. The number of anilines is 2. The number of hydrogen-bond acceptors (Lipinski definition) is 5. The summed E-state index contributed by atoms with van der Waals surface area (Å²) in [7, 11) is 0. The second-order valence-corrected chi connectivity index (χ2v) is 4.60. The molecule has 0 bridgehead atoms. The normalized spacial score (nSPS) is 10.2. The van der Waals surface area contributed by atoms with Gasteiger partial charge in [0.2, 0.25) is 0 Å². The molecule has 5 heteroatoms. The summed E-state index contributed by atoms with van der Waals surface area (Å²) in [6.45, 7) is 0.824. The van der Waals surface area contributed by atoms with Gasteiger partial charge in [0.25, 0.3) is 0 Å². The largest absolute Gasteiger partial charge is 0.389 e. The molecule has 2 heterocycles. The van der Waals surface area contributed by atoms with E-state index >= 15 is 0 Å². The second-order valence-electron chi connectivity index (χ2n) is 2.50. The van der Waals surface area contributed by atoms with Crippen LogP contribution < -0.4 is 11.1 Å². The Morgan fingerprint density at radius 1 is 1.54 bits per heavy atom. The number of nitrogens with zero attached hydrogens (tertiary/aromatic N) is 1. The molecule has 0 radical (unpaired) electrons. The first-order valence-electron chi connectivity index (χ1n) is 3.82. The van der Waals surface area contributed by atoms with Crippen molar-refractivity contribution < 1.29 is 0 Å². The minimum absolute atomic E-state index is 0.744. The molecule has 3 N–H and O–H groups in total. The van der Waals surface area contributed by atoms with Gasteiger partial charge in [0.15, 0.2) is 5.13 Å². The molecule has 0 fully saturated rings. The number of rotatable bonds is 3. The van der Waals surface area contributed by atoms with Crippen LogP contribution in [0.15, 0.2) is 23.7 Å². The molecule has 0 aliphatic rings. The van der Waals surface area contributed by atoms with Crippen LogP contribution in [-0.2, 0) is 6.54 Å². The van der Waals surface area contributed by atoms with E-state index in [1.807, 2.05) is 6.07 Å². The van der Waals surface area contributed by atoms with Gasteiger partial charge in [-0.15, -0.1) is 11.3 Å². The number of thiazole rings is 1. The van der Waals surface area contributed by atoms with E-state index in [-0.39, 0.29) is 0 Å². The molecule has 0 spiro atoms. The van der Waals surface area contributed by atoms with Crippen molar-refractivity contribution in [3.05, 3.63) is 28.6 Å². The van der Waals surface area contributed by atoms with Gasteiger partial charge >= 0.3 is 0 Å². The number of nitrogens with two attached hydrogens (primary N) is 1. The number of nitrogen functional groups attached to an aromatic ring is 1. The zero-order valence-electron chi connectivity index (χ0n) is 6.86. The smallest absolute Gasteiger partial charge is 0.184 e. The van der Waals surface area contributed by atoms with Gasteiger partial charge in [-0.25, -0.2) is 4.98 Å². The Bertz CT molecular complexity index is 366. The molecule has 0 aromatic carbocycles. The molecule has 2 aromatic rings. The fourth-order valence-electron chi connectivity index (χ4n) is 0.944. The van der Waals surface area contributed by atoms with Crippen LogP contribution in [0.1, 0.15) is 4.88 Å². The fourth-order valence-corrected chi connectivity index (χ4v) is 2.17. The van der Waals surface area contributed by atoms with Gasteiger partial charge < -0.3 is 11.1 Å². The van der Waals surface area contributed by atoms with Crippen molar-refractivity contribution in [2.24, 2.45) is 0 Å². The maximum atomic E-state index is 5.55. The summed E-state index contributed by atoms with van der Waals surface area (Å²) < 4.78 is 0. The lowest BCUT2D eigenvalue weighted by Crippen LogP contribution is -1.95. The third-order valence-corrected chi connectivity index (χ3v) is 3.18. The summed E-state index contributed by atoms with van der Waals surface area (Å²) in [5.41, 5.74) is 5.55. The summed E-state index contributed by atoms with van der Waals surface area (Å²) in [6, 6.07) is 4.13. The van der Waals surface area contributed by atoms with Gasteiger partial charge in [-0.2, -0.15) is 0 Å². The Hall–Kier alpha value is -1.07. The van der Waals surface area contributed by atoms with Crippen LogP contribution in [0.3, 0.4) is 0 Å². The van der Waals surface area contributed by atoms with E-state index in [0.717, 1.165) is 16.7 Å². The van der Waals surface area contributed by atoms with Crippen molar-refractivity contribution in [3.8, 4) is 0 Å². The minimum Gasteiger partial charge on any atom is -0.389 e. The summed E-state index contributed by atoms with van der Waals surface area (Å²) in [6.07, 6.45) is 1.67. The van der Waals surface area contributed by atoms with Crippen molar-refractivity contribution in [2.45, 2.75) is 6.54 Å². The third kappa shape index (κ3) is 2.19. The van der Waals surface area contributed by atoms with E-state index in [0.29, 0.717) is 0 Å². The molecule has 13 heavy (non-hydrogen) atoms. The lowest BCUT2D eigenvalue weighted by molar-refractivity contribution is 1.17. The molecule has 0 aliphatic heterocycles. The third-order valence-electron chi connectivity index (χ3n) is 1.52. The minimum atomic E-state index is 0.744. The van der Waals surface area contributed by atoms with E-state index in [1.165, 1.54) is 16.2 Å². The molecular formula is C8H9N3S2. The molecule has 68 valence electrons. The molecular weight excluding hydrogens is 202 g/mol. The highest BCUT2D eigenvalue weighted by Crippen LogP contribution is 2.20. The highest BCUT2D eigenvalue weighted by atomic mass is 32.1. The molecule has 3 nitrogen and oxygen atoms in total. The molecule has 0 saturated heterocycles. The number of thiophene rings is 1. The van der Waals surface area contributed by atoms with E-state index in [4.69, 9.17) is 5.73 Å². The first-order valence-corrected chi connectivity index (χ1v) is 5.52. The van der Waals surface area contributed by atoms with Crippen molar-refractivity contribution in [2.75, 3.05) is 11.1 Å². The van der Waals surface area contributed by atoms with Gasteiger partial charge in [-0.05, 0) is 11.4 Å². The maximum absolute atomic E-state index is 5.55. The highest BCUT2D eigenvalue weighted by Gasteiger charge is 1.98. The first kappa shape index (κ1) is 8.52. The average molecular weight is 211 g/mol. The van der Waals surface area contributed by atoms with Gasteiger partial charge in [0, 0.05) is 4.88 Å². The molecule has 0 atom stereocenters. The Labute approximate surface area is 84.2 Å². The van der Waals surface area contributed by atoms with Gasteiger partial charge in [0.1, 0.15) is 5.00 Å². The molecule has 0 amide bonds. The van der Waals surface area contributed by atoms with E-state index < -0.39 is 0 Å². The fraction of sp³-hybridized carbons (Fsp3) is 0.125. The predicted molar refractivity (Wildman–Crippen MR) is 58.2 cm³/mol. The maximum Gasteiger partial charge on any atom is 0.184 e. The number of nitrogens with one attached hydrogen (secondary N) is 1. The Morgan fingerprint density at radius 2 is 2.46 bits per heavy atom. The quantitative estimate of drug-likeness (QED) is 0.819. The van der Waals surface area contributed by atoms with Crippen molar-refractivity contribution >= 4 is 32.8 Å². The van der Waals surface area contributed by atoms with E-state index in [1.54, 1.807) is 17.5 Å². The molecule has 0 saturated carbocycles. The Balaban J connectivity index is 1.93. The van der Waals surface area contributed by atoms with E-state index in [2.05, 4.69) is 21.7 Å². The van der Waals surface area contributed by atoms with Crippen LogP contribution in [0, 0.1) is 0 Å². The topological polar surface area (TPSA) is 50.9 Å². The van der Waals surface area contributed by atoms with Gasteiger partial charge in [0.05, 0.1) is 12.7 Å². The summed E-state index contributed by atoms with van der Waals surface area (Å²) in [5, 5.41) is 6.89. The van der Waals surface area contributed by atoms with E-state index in [9.17, 15) is 0 Å². The van der Waals surface area contributed by atoms with Gasteiger partial charge in [-0.1, -0.05) is 17.4 Å². The zero-order chi connectivity index (χ0) is 9.10. The number of hydrogen-bond donors (Lipinski definition) is 2. The summed E-state index contributed by atoms with van der Waals surface area (Å²) in [5.74, 6) is 0. The molecule has 2 rings (SSSR count). The predicted octanol–water partition coefficient (Wildman–Crippen LogP) is 2.40. The van der Waals surface area contributed by atoms with Crippen LogP contribution in [0.2, 0.25) is 0 Å². The van der Waals surface area contributed by atoms with Crippen LogP contribution in [0.4, 0.5) is 10.1 Å². The van der Waals surface area contributed by atoms with Crippen LogP contribution in [0.5, 0.6) is 0 Å². The average Bonchev–Trinajstić information content (AvgIpc) is 2.71.